The van der Waals surface area contributed by atoms with Gasteiger partial charge >= 0.3 is 0 Å². The molecule has 0 radical (unpaired) electrons. The van der Waals surface area contributed by atoms with Crippen LogP contribution in [0, 0.1) is 0 Å². The van der Waals surface area contributed by atoms with Gasteiger partial charge < -0.3 is 57.7 Å². The number of amides is 1. The van der Waals surface area contributed by atoms with Crippen molar-refractivity contribution in [1.82, 2.24) is 10.6 Å². The van der Waals surface area contributed by atoms with E-state index in [9.17, 15) is 20.1 Å². The van der Waals surface area contributed by atoms with Gasteiger partial charge in [-0.15, -0.1) is 0 Å². The van der Waals surface area contributed by atoms with E-state index in [1.165, 1.54) is 0 Å². The van der Waals surface area contributed by atoms with Crippen LogP contribution in [0.3, 0.4) is 0 Å². The molecule has 0 bridgehead atoms. The van der Waals surface area contributed by atoms with Crippen molar-refractivity contribution in [3.8, 4) is 0 Å². The first-order chi connectivity index (χ1) is 14.3. The molecule has 0 spiro atoms. The molecule has 1 aliphatic heterocycles. The minimum atomic E-state index is -1.40. The fourth-order valence-corrected chi connectivity index (χ4v) is 3.50. The van der Waals surface area contributed by atoms with Crippen molar-refractivity contribution in [1.29, 1.82) is 0 Å². The molecular formula is C18H35N5O7. The van der Waals surface area contributed by atoms with Gasteiger partial charge in [-0.1, -0.05) is 0 Å². The highest BCUT2D eigenvalue weighted by molar-refractivity contribution is 5.80. The maximum atomic E-state index is 12.0. The number of nitrogens with two attached hydrogens (primary N) is 3. The van der Waals surface area contributed by atoms with Crippen molar-refractivity contribution in [2.75, 3.05) is 26.2 Å². The van der Waals surface area contributed by atoms with Crippen LogP contribution in [0.25, 0.3) is 0 Å². The summed E-state index contributed by atoms with van der Waals surface area (Å²) in [6.07, 6.45) is -3.41. The van der Waals surface area contributed by atoms with E-state index in [1.54, 1.807) is 0 Å². The number of aliphatic hydroxyl groups is 4. The van der Waals surface area contributed by atoms with Crippen molar-refractivity contribution >= 4 is 5.91 Å². The Morgan fingerprint density at radius 3 is 2.70 bits per heavy atom. The smallest absolute Gasteiger partial charge is 0.249 e. The molecule has 174 valence electrons. The molecule has 0 aromatic rings. The van der Waals surface area contributed by atoms with Crippen LogP contribution in [0.2, 0.25) is 0 Å². The summed E-state index contributed by atoms with van der Waals surface area (Å²) in [6.45, 7) is 0.917. The molecular weight excluding hydrogens is 398 g/mol. The predicted molar refractivity (Wildman–Crippen MR) is 107 cm³/mol. The molecule has 12 heteroatoms. The Morgan fingerprint density at radius 2 is 2.03 bits per heavy atom. The third kappa shape index (κ3) is 6.57. The van der Waals surface area contributed by atoms with Crippen LogP contribution in [-0.4, -0.2) is 101 Å². The third-order valence-electron chi connectivity index (χ3n) is 5.23. The lowest BCUT2D eigenvalue weighted by Crippen LogP contribution is -2.65. The molecule has 1 fully saturated rings. The first-order valence-electron chi connectivity index (χ1n) is 10.2. The lowest BCUT2D eigenvalue weighted by Gasteiger charge is -2.43. The van der Waals surface area contributed by atoms with Crippen LogP contribution in [-0.2, 0) is 14.3 Å². The standard InChI is InChI=1S/C18H35N5O7/c19-4-3-13(25)17(28)23-12-7-11(21)16(15(27)14(12)26)30-18-10(20)2-1-9(29-18)8-22-5-6-24/h1,10-16,18,22,24-27H,2-8,19-21H2,(H,23,28)/t10-,11+,12-,13+,14+,15-,16-,18-/m1/s1. The zero-order valence-electron chi connectivity index (χ0n) is 16.9. The van der Waals surface area contributed by atoms with Crippen molar-refractivity contribution in [3.63, 3.8) is 0 Å². The van der Waals surface area contributed by atoms with Gasteiger partial charge in [-0.3, -0.25) is 4.79 Å². The Balaban J connectivity index is 1.94. The Kier molecular flexibility index (Phi) is 9.87. The molecule has 1 aliphatic carbocycles. The van der Waals surface area contributed by atoms with Gasteiger partial charge in [0.05, 0.1) is 25.2 Å². The highest BCUT2D eigenvalue weighted by Crippen LogP contribution is 2.26. The Labute approximate surface area is 175 Å². The molecule has 1 saturated carbocycles. The van der Waals surface area contributed by atoms with Crippen molar-refractivity contribution < 1.29 is 34.7 Å². The van der Waals surface area contributed by atoms with E-state index in [2.05, 4.69) is 10.6 Å². The highest BCUT2D eigenvalue weighted by Gasteiger charge is 2.45. The quantitative estimate of drug-likeness (QED) is 0.150. The summed E-state index contributed by atoms with van der Waals surface area (Å²) in [5.41, 5.74) is 17.5. The number of hydrogen-bond donors (Lipinski definition) is 9. The average molecular weight is 434 g/mol. The second kappa shape index (κ2) is 11.9. The molecule has 12 nitrogen and oxygen atoms in total. The number of aliphatic hydroxyl groups excluding tert-OH is 4. The van der Waals surface area contributed by atoms with E-state index in [0.29, 0.717) is 25.3 Å². The van der Waals surface area contributed by atoms with Crippen molar-refractivity contribution in [2.24, 2.45) is 17.2 Å². The first kappa shape index (κ1) is 24.9. The minimum absolute atomic E-state index is 0.00527. The second-order valence-corrected chi connectivity index (χ2v) is 7.65. The number of carbonyl (C=O) groups is 1. The normalized spacial score (nSPS) is 35.3. The van der Waals surface area contributed by atoms with E-state index in [1.807, 2.05) is 6.08 Å². The molecule has 0 saturated heterocycles. The number of hydrogen-bond acceptors (Lipinski definition) is 11. The Hall–Kier alpha value is -1.35. The van der Waals surface area contributed by atoms with Gasteiger partial charge in [0, 0.05) is 12.6 Å². The minimum Gasteiger partial charge on any atom is -0.467 e. The summed E-state index contributed by atoms with van der Waals surface area (Å²) in [6, 6.07) is -2.07. The topological polar surface area (TPSA) is 219 Å². The van der Waals surface area contributed by atoms with E-state index in [4.69, 9.17) is 31.8 Å². The Bertz CT molecular complexity index is 581. The monoisotopic (exact) mass is 433 g/mol. The van der Waals surface area contributed by atoms with Gasteiger partial charge in [-0.2, -0.15) is 0 Å². The van der Waals surface area contributed by atoms with Gasteiger partial charge in [-0.05, 0) is 31.9 Å². The van der Waals surface area contributed by atoms with Crippen LogP contribution < -0.4 is 27.8 Å². The van der Waals surface area contributed by atoms with Gasteiger partial charge in [0.1, 0.15) is 30.2 Å². The van der Waals surface area contributed by atoms with Gasteiger partial charge in [-0.25, -0.2) is 0 Å². The zero-order valence-corrected chi connectivity index (χ0v) is 16.9. The van der Waals surface area contributed by atoms with Crippen LogP contribution in [0.1, 0.15) is 19.3 Å². The van der Waals surface area contributed by atoms with E-state index >= 15 is 0 Å². The average Bonchev–Trinajstić information content (AvgIpc) is 2.71. The molecule has 1 heterocycles. The molecule has 0 unspecified atom stereocenters. The lowest BCUT2D eigenvalue weighted by atomic mass is 9.84. The maximum Gasteiger partial charge on any atom is 0.249 e. The summed E-state index contributed by atoms with van der Waals surface area (Å²) in [5, 5.41) is 45.1. The summed E-state index contributed by atoms with van der Waals surface area (Å²) >= 11 is 0. The van der Waals surface area contributed by atoms with Gasteiger partial charge in [0.15, 0.2) is 0 Å². The fourth-order valence-electron chi connectivity index (χ4n) is 3.50. The number of rotatable bonds is 10. The van der Waals surface area contributed by atoms with E-state index in [-0.39, 0.29) is 26.0 Å². The lowest BCUT2D eigenvalue weighted by molar-refractivity contribution is -0.218. The molecule has 8 atom stereocenters. The molecule has 30 heavy (non-hydrogen) atoms. The molecule has 2 aliphatic rings. The molecule has 0 aromatic carbocycles. The molecule has 12 N–H and O–H groups in total. The summed E-state index contributed by atoms with van der Waals surface area (Å²) in [7, 11) is 0. The maximum absolute atomic E-state index is 12.0. The molecule has 0 aromatic heterocycles. The van der Waals surface area contributed by atoms with Gasteiger partial charge in [0.25, 0.3) is 0 Å². The summed E-state index contributed by atoms with van der Waals surface area (Å²) < 4.78 is 11.6. The summed E-state index contributed by atoms with van der Waals surface area (Å²) in [4.78, 5) is 12.0. The summed E-state index contributed by atoms with van der Waals surface area (Å²) in [5.74, 6) is -0.0975. The predicted octanol–water partition coefficient (Wildman–Crippen LogP) is -4.44. The third-order valence-corrected chi connectivity index (χ3v) is 5.23. The SMILES string of the molecule is NCC[C@H](O)C(=O)N[C@@H]1C[C@H](N)[C@@H](O[C@H]2OC(CNCCO)=CC[C@H]2N)[C@H](O)[C@H]1O. The van der Waals surface area contributed by atoms with Crippen LogP contribution in [0.4, 0.5) is 0 Å². The first-order valence-corrected chi connectivity index (χ1v) is 10.2. The van der Waals surface area contributed by atoms with Crippen LogP contribution in [0.15, 0.2) is 11.8 Å². The number of carbonyl (C=O) groups excluding carboxylic acids is 1. The second-order valence-electron chi connectivity index (χ2n) is 7.65. The molecule has 1 amide bonds. The molecule has 2 rings (SSSR count). The zero-order chi connectivity index (χ0) is 22.3. The van der Waals surface area contributed by atoms with Crippen molar-refractivity contribution in [3.05, 3.63) is 11.8 Å². The van der Waals surface area contributed by atoms with Gasteiger partial charge in [0.2, 0.25) is 12.2 Å². The number of nitrogens with one attached hydrogen (secondary N) is 2. The van der Waals surface area contributed by atoms with E-state index in [0.717, 1.165) is 0 Å². The van der Waals surface area contributed by atoms with Crippen LogP contribution >= 0.6 is 0 Å². The number of ether oxygens (including phenoxy) is 2. The van der Waals surface area contributed by atoms with E-state index < -0.39 is 54.7 Å². The fraction of sp³-hybridized carbons (Fsp3) is 0.833. The highest BCUT2D eigenvalue weighted by atomic mass is 16.7. The largest absolute Gasteiger partial charge is 0.467 e. The van der Waals surface area contributed by atoms with Crippen LogP contribution in [0.5, 0.6) is 0 Å². The Morgan fingerprint density at radius 1 is 1.30 bits per heavy atom. The van der Waals surface area contributed by atoms with Crippen molar-refractivity contribution in [2.45, 2.75) is 68.1 Å².